The first-order valence-corrected chi connectivity index (χ1v) is 9.17. The zero-order valence-corrected chi connectivity index (χ0v) is 15.6. The van der Waals surface area contributed by atoms with Gasteiger partial charge in [-0.15, -0.1) is 0 Å². The summed E-state index contributed by atoms with van der Waals surface area (Å²) in [5.41, 5.74) is 4.30. The van der Waals surface area contributed by atoms with Gasteiger partial charge in [0.15, 0.2) is 6.73 Å². The van der Waals surface area contributed by atoms with Gasteiger partial charge in [-0.05, 0) is 37.1 Å². The first-order chi connectivity index (χ1) is 12.6. The van der Waals surface area contributed by atoms with Crippen molar-refractivity contribution in [3.63, 3.8) is 0 Å². The molecule has 2 heterocycles. The van der Waals surface area contributed by atoms with E-state index in [-0.39, 0.29) is 5.63 Å². The number of ether oxygens (including phenoxy) is 1. The third-order valence-corrected chi connectivity index (χ3v) is 5.03. The van der Waals surface area contributed by atoms with Gasteiger partial charge in [-0.3, -0.25) is 0 Å². The number of halogens is 1. The van der Waals surface area contributed by atoms with Gasteiger partial charge in [-0.1, -0.05) is 42.6 Å². The molecule has 0 N–H and O–H groups in total. The van der Waals surface area contributed by atoms with Crippen molar-refractivity contribution in [1.82, 2.24) is 0 Å². The van der Waals surface area contributed by atoms with E-state index in [0.717, 1.165) is 35.0 Å². The predicted octanol–water partition coefficient (Wildman–Crippen LogP) is 5.06. The number of hydrogen-bond acceptors (Lipinski definition) is 4. The van der Waals surface area contributed by atoms with Gasteiger partial charge in [-0.2, -0.15) is 0 Å². The number of aryl methyl sites for hydroxylation is 2. The van der Waals surface area contributed by atoms with Crippen molar-refractivity contribution in [1.29, 1.82) is 0 Å². The largest absolute Gasteiger partial charge is 0.471 e. The van der Waals surface area contributed by atoms with Crippen LogP contribution in [0.3, 0.4) is 0 Å². The minimum absolute atomic E-state index is 0.335. The molecule has 5 heteroatoms. The van der Waals surface area contributed by atoms with E-state index < -0.39 is 0 Å². The summed E-state index contributed by atoms with van der Waals surface area (Å²) in [4.78, 5) is 14.2. The topological polar surface area (TPSA) is 42.7 Å². The fraction of sp³-hybridized carbons (Fsp3) is 0.286. The molecule has 0 aliphatic carbocycles. The molecule has 26 heavy (non-hydrogen) atoms. The fourth-order valence-corrected chi connectivity index (χ4v) is 3.73. The monoisotopic (exact) mass is 369 g/mol. The molecule has 0 atom stereocenters. The number of fused-ring (bicyclic) bond motifs is 3. The van der Waals surface area contributed by atoms with Crippen LogP contribution in [0.15, 0.2) is 45.6 Å². The van der Waals surface area contributed by atoms with Crippen LogP contribution in [0.5, 0.6) is 5.75 Å². The lowest BCUT2D eigenvalue weighted by atomic mass is 10.0. The first-order valence-electron chi connectivity index (χ1n) is 8.79. The molecular formula is C21H20ClNO3. The van der Waals surface area contributed by atoms with Crippen molar-refractivity contribution in [2.45, 2.75) is 33.2 Å². The van der Waals surface area contributed by atoms with Crippen LogP contribution < -0.4 is 15.3 Å². The molecule has 0 saturated carbocycles. The van der Waals surface area contributed by atoms with Crippen molar-refractivity contribution in [2.75, 3.05) is 11.6 Å². The van der Waals surface area contributed by atoms with Gasteiger partial charge in [0.25, 0.3) is 0 Å². The summed E-state index contributed by atoms with van der Waals surface area (Å²) in [5, 5.41) is 1.45. The number of rotatable bonds is 3. The van der Waals surface area contributed by atoms with Crippen LogP contribution in [-0.4, -0.2) is 6.73 Å². The molecule has 1 aliphatic rings. The Labute approximate surface area is 156 Å². The van der Waals surface area contributed by atoms with Crippen LogP contribution in [-0.2, 0) is 13.0 Å². The van der Waals surface area contributed by atoms with E-state index in [9.17, 15) is 4.79 Å². The van der Waals surface area contributed by atoms with E-state index in [1.807, 2.05) is 6.07 Å². The van der Waals surface area contributed by atoms with Crippen molar-refractivity contribution in [3.05, 3.63) is 68.5 Å². The summed E-state index contributed by atoms with van der Waals surface area (Å²) in [6.45, 7) is 5.12. The number of hydrogen-bond donors (Lipinski definition) is 0. The molecule has 134 valence electrons. The predicted molar refractivity (Wildman–Crippen MR) is 104 cm³/mol. The molecule has 0 unspecified atom stereocenters. The van der Waals surface area contributed by atoms with Crippen LogP contribution >= 0.6 is 11.6 Å². The van der Waals surface area contributed by atoms with Crippen molar-refractivity contribution in [2.24, 2.45) is 0 Å². The lowest BCUT2D eigenvalue weighted by Gasteiger charge is -2.31. The second-order valence-corrected chi connectivity index (χ2v) is 7.10. The quantitative estimate of drug-likeness (QED) is 0.605. The van der Waals surface area contributed by atoms with Crippen LogP contribution in [0.1, 0.15) is 30.0 Å². The molecule has 0 bridgehead atoms. The van der Waals surface area contributed by atoms with Gasteiger partial charge in [0, 0.05) is 17.1 Å². The normalized spacial score (nSPS) is 13.6. The first kappa shape index (κ1) is 17.0. The van der Waals surface area contributed by atoms with E-state index in [1.54, 1.807) is 6.07 Å². The summed E-state index contributed by atoms with van der Waals surface area (Å²) in [5.74, 6) is 0.610. The molecule has 0 spiro atoms. The minimum Gasteiger partial charge on any atom is -0.471 e. The van der Waals surface area contributed by atoms with Crippen LogP contribution in [0.25, 0.3) is 11.0 Å². The van der Waals surface area contributed by atoms with Crippen molar-refractivity contribution < 1.29 is 9.15 Å². The van der Waals surface area contributed by atoms with E-state index in [2.05, 4.69) is 43.0 Å². The minimum atomic E-state index is -0.335. The highest BCUT2D eigenvalue weighted by molar-refractivity contribution is 6.33. The maximum atomic E-state index is 12.1. The molecule has 3 aromatic rings. The average Bonchev–Trinajstić information content (AvgIpc) is 2.63. The summed E-state index contributed by atoms with van der Waals surface area (Å²) in [6.07, 6.45) is 1.75. The number of nitrogens with zero attached hydrogens (tertiary/aromatic N) is 1. The maximum Gasteiger partial charge on any atom is 0.336 e. The number of anilines is 1. The second-order valence-electron chi connectivity index (χ2n) is 6.69. The smallest absolute Gasteiger partial charge is 0.336 e. The summed E-state index contributed by atoms with van der Waals surface area (Å²) in [7, 11) is 0. The maximum absolute atomic E-state index is 12.1. The highest BCUT2D eigenvalue weighted by atomic mass is 35.5. The van der Waals surface area contributed by atoms with E-state index in [4.69, 9.17) is 20.8 Å². The van der Waals surface area contributed by atoms with Gasteiger partial charge < -0.3 is 14.1 Å². The van der Waals surface area contributed by atoms with E-state index in [0.29, 0.717) is 29.6 Å². The zero-order valence-electron chi connectivity index (χ0n) is 14.8. The Morgan fingerprint density at radius 3 is 2.69 bits per heavy atom. The van der Waals surface area contributed by atoms with Crippen LogP contribution in [0, 0.1) is 6.92 Å². The highest BCUT2D eigenvalue weighted by Crippen LogP contribution is 2.40. The average molecular weight is 370 g/mol. The van der Waals surface area contributed by atoms with Gasteiger partial charge in [0.2, 0.25) is 0 Å². The molecule has 0 fully saturated rings. The summed E-state index contributed by atoms with van der Waals surface area (Å²) >= 11 is 6.48. The van der Waals surface area contributed by atoms with E-state index >= 15 is 0 Å². The molecule has 0 radical (unpaired) electrons. The van der Waals surface area contributed by atoms with Gasteiger partial charge in [0.05, 0.1) is 17.1 Å². The SMILES string of the molecule is CCCc1cc(=O)oc2c3c(c(Cl)cc12)OCN(c1ccc(C)cc1)C3. The zero-order chi connectivity index (χ0) is 18.3. The summed E-state index contributed by atoms with van der Waals surface area (Å²) < 4.78 is 11.5. The Kier molecular flexibility index (Phi) is 4.37. The van der Waals surface area contributed by atoms with Crippen molar-refractivity contribution in [3.8, 4) is 5.75 Å². The molecular weight excluding hydrogens is 350 g/mol. The van der Waals surface area contributed by atoms with Crippen LogP contribution in [0.2, 0.25) is 5.02 Å². The third-order valence-electron chi connectivity index (χ3n) is 4.75. The second kappa shape index (κ2) is 6.69. The fourth-order valence-electron chi connectivity index (χ4n) is 3.45. The van der Waals surface area contributed by atoms with Gasteiger partial charge in [0.1, 0.15) is 11.3 Å². The lowest BCUT2D eigenvalue weighted by molar-refractivity contribution is 0.289. The molecule has 0 saturated heterocycles. The Hall–Kier alpha value is -2.46. The van der Waals surface area contributed by atoms with Crippen LogP contribution in [0.4, 0.5) is 5.69 Å². The number of benzene rings is 2. The van der Waals surface area contributed by atoms with Crippen molar-refractivity contribution >= 4 is 28.3 Å². The molecule has 1 aromatic heterocycles. The highest BCUT2D eigenvalue weighted by Gasteiger charge is 2.25. The third kappa shape index (κ3) is 2.95. The van der Waals surface area contributed by atoms with E-state index in [1.165, 1.54) is 5.56 Å². The Balaban J connectivity index is 1.86. The van der Waals surface area contributed by atoms with Gasteiger partial charge >= 0.3 is 5.63 Å². The standard InChI is InChI=1S/C21H20ClNO3/c1-3-4-14-9-19(24)26-20-16(14)10-18(22)21-17(20)11-23(12-25-21)15-7-5-13(2)6-8-15/h5-10H,3-4,11-12H2,1-2H3. The molecule has 0 amide bonds. The molecule has 4 rings (SSSR count). The lowest BCUT2D eigenvalue weighted by Crippen LogP contribution is -2.32. The van der Waals surface area contributed by atoms with Gasteiger partial charge in [-0.25, -0.2) is 4.79 Å². The summed E-state index contributed by atoms with van der Waals surface area (Å²) in [6, 6.07) is 11.7. The molecule has 4 nitrogen and oxygen atoms in total. The Bertz CT molecular complexity index is 1020. The molecule has 1 aliphatic heterocycles. The Morgan fingerprint density at radius 1 is 1.19 bits per heavy atom. The molecule has 2 aromatic carbocycles. The Morgan fingerprint density at radius 2 is 1.96 bits per heavy atom.